The van der Waals surface area contributed by atoms with E-state index in [0.717, 1.165) is 21.6 Å². The number of nitrogens with one attached hydrogen (secondary N) is 1. The Morgan fingerprint density at radius 1 is 1.35 bits per heavy atom. The van der Waals surface area contributed by atoms with E-state index in [-0.39, 0.29) is 12.4 Å². The zero-order valence-corrected chi connectivity index (χ0v) is 13.2. The second kappa shape index (κ2) is 6.72. The highest BCUT2D eigenvalue weighted by molar-refractivity contribution is 8.00. The summed E-state index contributed by atoms with van der Waals surface area (Å²) in [6.07, 6.45) is 1.72. The summed E-state index contributed by atoms with van der Waals surface area (Å²) in [4.78, 5) is 15.7. The van der Waals surface area contributed by atoms with Crippen molar-refractivity contribution in [1.29, 1.82) is 0 Å². The predicted molar refractivity (Wildman–Crippen MR) is 89.6 cm³/mol. The number of aromatic carboxylic acids is 1. The minimum absolute atomic E-state index is 0.165. The molecule has 7 heteroatoms. The molecule has 0 radical (unpaired) electrons. The maximum absolute atomic E-state index is 11.4. The number of hydrogen-bond donors (Lipinski definition) is 2. The van der Waals surface area contributed by atoms with Crippen molar-refractivity contribution in [3.8, 4) is 0 Å². The van der Waals surface area contributed by atoms with Gasteiger partial charge in [-0.05, 0) is 24.3 Å². The number of aromatic nitrogens is 2. The number of methoxy groups -OCH3 is 1. The number of carboxylic acid groups (broad SMARTS) is 1. The summed E-state index contributed by atoms with van der Waals surface area (Å²) in [5, 5.41) is 11.0. The van der Waals surface area contributed by atoms with Gasteiger partial charge >= 0.3 is 5.97 Å². The number of benzene rings is 1. The lowest BCUT2D eigenvalue weighted by Crippen LogP contribution is -2.10. The standard InChI is InChI=1S/C16H15N3O3S/c1-22-10-19-13(16(20)21)9-11-5-4-6-12(15(11)19)18-23-14-7-2-3-8-17-14/h2-9,18H,10H2,1H3,(H,20,21). The number of carbonyl (C=O) groups is 1. The van der Waals surface area contributed by atoms with Crippen molar-refractivity contribution in [2.75, 3.05) is 11.8 Å². The second-order valence-electron chi connectivity index (χ2n) is 4.80. The van der Waals surface area contributed by atoms with Crippen LogP contribution in [0.1, 0.15) is 10.5 Å². The van der Waals surface area contributed by atoms with Crippen molar-refractivity contribution >= 4 is 34.5 Å². The molecule has 0 atom stereocenters. The van der Waals surface area contributed by atoms with Crippen molar-refractivity contribution in [1.82, 2.24) is 9.55 Å². The Morgan fingerprint density at radius 2 is 2.22 bits per heavy atom. The fourth-order valence-corrected chi connectivity index (χ4v) is 3.00. The number of carboxylic acids is 1. The first-order valence-electron chi connectivity index (χ1n) is 6.89. The molecule has 0 amide bonds. The number of ether oxygens (including phenoxy) is 1. The van der Waals surface area contributed by atoms with Crippen LogP contribution in [0, 0.1) is 0 Å². The predicted octanol–water partition coefficient (Wildman–Crippen LogP) is 3.46. The van der Waals surface area contributed by atoms with Gasteiger partial charge in [-0.1, -0.05) is 18.2 Å². The third kappa shape index (κ3) is 3.15. The summed E-state index contributed by atoms with van der Waals surface area (Å²) >= 11 is 1.37. The van der Waals surface area contributed by atoms with Gasteiger partial charge in [0, 0.05) is 30.6 Å². The van der Waals surface area contributed by atoms with Crippen LogP contribution in [0.5, 0.6) is 0 Å². The van der Waals surface area contributed by atoms with Crippen LogP contribution in [-0.4, -0.2) is 27.7 Å². The van der Waals surface area contributed by atoms with E-state index in [4.69, 9.17) is 4.74 Å². The van der Waals surface area contributed by atoms with Gasteiger partial charge in [-0.15, -0.1) is 0 Å². The van der Waals surface area contributed by atoms with Gasteiger partial charge in [0.25, 0.3) is 0 Å². The number of pyridine rings is 1. The van der Waals surface area contributed by atoms with Gasteiger partial charge in [-0.3, -0.25) is 0 Å². The smallest absolute Gasteiger partial charge is 0.352 e. The van der Waals surface area contributed by atoms with Crippen molar-refractivity contribution in [2.24, 2.45) is 0 Å². The van der Waals surface area contributed by atoms with E-state index in [0.29, 0.717) is 0 Å². The first kappa shape index (κ1) is 15.4. The zero-order chi connectivity index (χ0) is 16.2. The van der Waals surface area contributed by atoms with E-state index in [1.807, 2.05) is 36.4 Å². The van der Waals surface area contributed by atoms with E-state index < -0.39 is 5.97 Å². The molecule has 0 aliphatic rings. The molecule has 0 aliphatic heterocycles. The van der Waals surface area contributed by atoms with Crippen LogP contribution in [-0.2, 0) is 11.5 Å². The second-order valence-corrected chi connectivity index (χ2v) is 5.62. The Balaban J connectivity index is 2.01. The fourth-order valence-electron chi connectivity index (χ4n) is 2.36. The topological polar surface area (TPSA) is 76.4 Å². The lowest BCUT2D eigenvalue weighted by Gasteiger charge is -2.11. The molecule has 6 nitrogen and oxygen atoms in total. The van der Waals surface area contributed by atoms with Crippen LogP contribution in [0.2, 0.25) is 0 Å². The molecule has 0 aliphatic carbocycles. The average Bonchev–Trinajstić information content (AvgIpc) is 2.94. The van der Waals surface area contributed by atoms with Crippen LogP contribution in [0.4, 0.5) is 5.69 Å². The Hall–Kier alpha value is -2.51. The summed E-state index contributed by atoms with van der Waals surface area (Å²) in [5.41, 5.74) is 1.79. The zero-order valence-electron chi connectivity index (χ0n) is 12.4. The van der Waals surface area contributed by atoms with Crippen LogP contribution in [0.3, 0.4) is 0 Å². The number of nitrogens with zero attached hydrogens (tertiary/aromatic N) is 2. The average molecular weight is 329 g/mol. The highest BCUT2D eigenvalue weighted by Gasteiger charge is 2.17. The van der Waals surface area contributed by atoms with Crippen LogP contribution < -0.4 is 4.72 Å². The highest BCUT2D eigenvalue weighted by atomic mass is 32.2. The maximum atomic E-state index is 11.4. The van der Waals surface area contributed by atoms with Gasteiger partial charge in [-0.25, -0.2) is 9.78 Å². The summed E-state index contributed by atoms with van der Waals surface area (Å²) in [6, 6.07) is 13.0. The molecule has 0 fully saturated rings. The Labute approximate surface area is 137 Å². The molecule has 0 saturated carbocycles. The molecule has 0 saturated heterocycles. The van der Waals surface area contributed by atoms with Crippen LogP contribution in [0.25, 0.3) is 10.9 Å². The molecule has 2 aromatic heterocycles. The van der Waals surface area contributed by atoms with Crippen molar-refractivity contribution in [2.45, 2.75) is 11.8 Å². The molecule has 1 aromatic carbocycles. The van der Waals surface area contributed by atoms with Crippen molar-refractivity contribution in [3.63, 3.8) is 0 Å². The molecule has 0 bridgehead atoms. The number of anilines is 1. The molecule has 0 unspecified atom stereocenters. The Bertz CT molecular complexity index is 833. The molecule has 2 N–H and O–H groups in total. The normalized spacial score (nSPS) is 10.8. The van der Waals surface area contributed by atoms with E-state index >= 15 is 0 Å². The fraction of sp³-hybridized carbons (Fsp3) is 0.125. The number of fused-ring (bicyclic) bond motifs is 1. The number of hydrogen-bond acceptors (Lipinski definition) is 5. The van der Waals surface area contributed by atoms with Crippen LogP contribution in [0.15, 0.2) is 53.7 Å². The number of para-hydroxylation sites is 1. The highest BCUT2D eigenvalue weighted by Crippen LogP contribution is 2.30. The van der Waals surface area contributed by atoms with E-state index in [1.54, 1.807) is 16.8 Å². The summed E-state index contributed by atoms with van der Waals surface area (Å²) in [6.45, 7) is 0.165. The molecule has 0 spiro atoms. The molecule has 2 heterocycles. The lowest BCUT2D eigenvalue weighted by atomic mass is 10.2. The maximum Gasteiger partial charge on any atom is 0.352 e. The summed E-state index contributed by atoms with van der Waals surface area (Å²) in [5.74, 6) is -0.985. The monoisotopic (exact) mass is 329 g/mol. The molecule has 23 heavy (non-hydrogen) atoms. The van der Waals surface area contributed by atoms with Gasteiger partial charge in [0.1, 0.15) is 17.5 Å². The molecule has 3 aromatic rings. The molecular weight excluding hydrogens is 314 g/mol. The minimum Gasteiger partial charge on any atom is -0.477 e. The molecular formula is C16H15N3O3S. The SMILES string of the molecule is COCn1c(C(=O)O)cc2cccc(NSc3ccccn3)c21. The quantitative estimate of drug-likeness (QED) is 0.675. The summed E-state index contributed by atoms with van der Waals surface area (Å²) < 4.78 is 10.0. The van der Waals surface area contributed by atoms with Gasteiger partial charge < -0.3 is 19.1 Å². The number of rotatable bonds is 6. The largest absolute Gasteiger partial charge is 0.477 e. The van der Waals surface area contributed by atoms with Gasteiger partial charge in [0.05, 0.1) is 11.2 Å². The first-order valence-corrected chi connectivity index (χ1v) is 7.70. The first-order chi connectivity index (χ1) is 11.2. The van der Waals surface area contributed by atoms with Gasteiger partial charge in [0.15, 0.2) is 0 Å². The van der Waals surface area contributed by atoms with Crippen molar-refractivity contribution in [3.05, 3.63) is 54.4 Å². The van der Waals surface area contributed by atoms with E-state index in [9.17, 15) is 9.90 Å². The molecule has 3 rings (SSSR count). The van der Waals surface area contributed by atoms with E-state index in [1.165, 1.54) is 19.1 Å². The Kier molecular flexibility index (Phi) is 4.50. The third-order valence-electron chi connectivity index (χ3n) is 3.30. The van der Waals surface area contributed by atoms with Crippen LogP contribution >= 0.6 is 11.9 Å². The summed E-state index contributed by atoms with van der Waals surface area (Å²) in [7, 11) is 1.54. The lowest BCUT2D eigenvalue weighted by molar-refractivity contribution is 0.0664. The minimum atomic E-state index is -0.985. The third-order valence-corrected chi connectivity index (χ3v) is 4.07. The van der Waals surface area contributed by atoms with E-state index in [2.05, 4.69) is 9.71 Å². The Morgan fingerprint density at radius 3 is 2.91 bits per heavy atom. The molecule has 118 valence electrons. The van der Waals surface area contributed by atoms with Gasteiger partial charge in [0.2, 0.25) is 0 Å². The van der Waals surface area contributed by atoms with Gasteiger partial charge in [-0.2, -0.15) is 0 Å². The van der Waals surface area contributed by atoms with Crippen molar-refractivity contribution < 1.29 is 14.6 Å².